The molecule has 0 aliphatic carbocycles. The van der Waals surface area contributed by atoms with Crippen molar-refractivity contribution in [3.63, 3.8) is 0 Å². The first kappa shape index (κ1) is 8.16. The number of hydrogen-bond donors (Lipinski definition) is 0. The van der Waals surface area contributed by atoms with Gasteiger partial charge in [0.15, 0.2) is 11.9 Å². The molecule has 0 fully saturated rings. The molecule has 0 radical (unpaired) electrons. The number of rotatable bonds is 1. The lowest BCUT2D eigenvalue weighted by Crippen LogP contribution is -2.44. The first-order valence-electron chi connectivity index (χ1n) is 2.95. The van der Waals surface area contributed by atoms with Gasteiger partial charge in [0.05, 0.1) is 0 Å². The van der Waals surface area contributed by atoms with Gasteiger partial charge in [0.2, 0.25) is 0 Å². The topological polar surface area (TPSA) is 61.1 Å². The molecule has 4 nitrogen and oxygen atoms in total. The molecule has 0 saturated heterocycles. The molecule has 0 bridgehead atoms. The van der Waals surface area contributed by atoms with Crippen molar-refractivity contribution < 1.29 is 16.9 Å². The zero-order chi connectivity index (χ0) is 8.48. The van der Waals surface area contributed by atoms with E-state index < -0.39 is 10.3 Å². The lowest BCUT2D eigenvalue weighted by atomic mass is 10.4. The Labute approximate surface area is 65.0 Å². The van der Waals surface area contributed by atoms with Crippen LogP contribution in [0.2, 0.25) is 0 Å². The van der Waals surface area contributed by atoms with Crippen LogP contribution in [-0.4, -0.2) is 13.0 Å². The molecule has 0 saturated carbocycles. The summed E-state index contributed by atoms with van der Waals surface area (Å²) in [6.07, 6.45) is 1.22. The highest BCUT2D eigenvalue weighted by Gasteiger charge is 2.10. The van der Waals surface area contributed by atoms with Crippen LogP contribution < -0.4 is 3.97 Å². The van der Waals surface area contributed by atoms with Crippen molar-refractivity contribution in [2.45, 2.75) is 6.92 Å². The van der Waals surface area contributed by atoms with Crippen molar-refractivity contribution in [2.75, 3.05) is 0 Å². The lowest BCUT2D eigenvalue weighted by Gasteiger charge is -2.01. The summed E-state index contributed by atoms with van der Waals surface area (Å²) < 4.78 is 32.1. The Kier molecular flexibility index (Phi) is 1.92. The van der Waals surface area contributed by atoms with Crippen LogP contribution in [0.3, 0.4) is 0 Å². The minimum atomic E-state index is -4.37. The molecule has 5 heteroatoms. The predicted molar refractivity (Wildman–Crippen MR) is 36.5 cm³/mol. The molecule has 0 aliphatic heterocycles. The maximum Gasteiger partial charge on any atom is 0.330 e. The van der Waals surface area contributed by atoms with E-state index in [1.807, 2.05) is 0 Å². The molecular weight excluding hydrogens is 166 g/mol. The van der Waals surface area contributed by atoms with Gasteiger partial charge in [0.1, 0.15) is 0 Å². The van der Waals surface area contributed by atoms with Crippen molar-refractivity contribution in [1.82, 2.24) is 0 Å². The average molecular weight is 173 g/mol. The van der Waals surface area contributed by atoms with E-state index in [9.17, 15) is 13.0 Å². The van der Waals surface area contributed by atoms with Crippen LogP contribution >= 0.6 is 0 Å². The number of nitrogens with zero attached hydrogens (tertiary/aromatic N) is 1. The Morgan fingerprint density at radius 3 is 2.45 bits per heavy atom. The molecule has 1 aromatic rings. The lowest BCUT2D eigenvalue weighted by molar-refractivity contribution is -0.527. The molecule has 0 unspecified atom stereocenters. The molecule has 1 rings (SSSR count). The third-order valence-corrected chi connectivity index (χ3v) is 2.15. The van der Waals surface area contributed by atoms with Gasteiger partial charge in [-0.25, -0.2) is 0 Å². The van der Waals surface area contributed by atoms with Crippen molar-refractivity contribution in [3.05, 3.63) is 30.1 Å². The van der Waals surface area contributed by atoms with Crippen LogP contribution in [0, 0.1) is 6.92 Å². The van der Waals surface area contributed by atoms with E-state index in [1.165, 1.54) is 12.3 Å². The van der Waals surface area contributed by atoms with Crippen LogP contribution in [0.15, 0.2) is 24.4 Å². The molecule has 0 atom stereocenters. The molecule has 0 N–H and O–H groups in total. The largest absolute Gasteiger partial charge is 0.693 e. The second kappa shape index (κ2) is 2.60. The zero-order valence-corrected chi connectivity index (χ0v) is 6.71. The Morgan fingerprint density at radius 1 is 1.45 bits per heavy atom. The number of aromatic nitrogens is 1. The first-order chi connectivity index (χ1) is 5.02. The molecule has 0 amide bonds. The van der Waals surface area contributed by atoms with Crippen molar-refractivity contribution >= 4 is 10.3 Å². The van der Waals surface area contributed by atoms with Crippen molar-refractivity contribution in [1.29, 1.82) is 0 Å². The second-order valence-corrected chi connectivity index (χ2v) is 3.34. The number of pyridine rings is 1. The van der Waals surface area contributed by atoms with Gasteiger partial charge in [-0.2, -0.15) is 8.42 Å². The summed E-state index contributed by atoms with van der Waals surface area (Å²) in [7, 11) is -4.37. The van der Waals surface area contributed by atoms with Crippen LogP contribution in [0.1, 0.15) is 5.69 Å². The smallest absolute Gasteiger partial charge is 0.330 e. The Balaban J connectivity index is 3.37. The Bertz CT molecular complexity index is 358. The highest BCUT2D eigenvalue weighted by atomic mass is 32.2. The van der Waals surface area contributed by atoms with Gasteiger partial charge >= 0.3 is 10.3 Å². The van der Waals surface area contributed by atoms with E-state index in [-0.39, 0.29) is 0 Å². The summed E-state index contributed by atoms with van der Waals surface area (Å²) in [5.41, 5.74) is 0.405. The van der Waals surface area contributed by atoms with E-state index in [2.05, 4.69) is 0 Å². The summed E-state index contributed by atoms with van der Waals surface area (Å²) in [6.45, 7) is 1.55. The first-order valence-corrected chi connectivity index (χ1v) is 4.32. The maximum absolute atomic E-state index is 10.5. The molecule has 1 heterocycles. The summed E-state index contributed by atoms with van der Waals surface area (Å²) >= 11 is 0. The van der Waals surface area contributed by atoms with E-state index in [1.54, 1.807) is 19.1 Å². The van der Waals surface area contributed by atoms with E-state index >= 15 is 0 Å². The van der Waals surface area contributed by atoms with E-state index in [4.69, 9.17) is 0 Å². The van der Waals surface area contributed by atoms with Gasteiger partial charge in [0.25, 0.3) is 0 Å². The Morgan fingerprint density at radius 2 is 2.09 bits per heavy atom. The molecule has 0 aliphatic rings. The van der Waals surface area contributed by atoms with Gasteiger partial charge in [-0.1, -0.05) is 10.0 Å². The fraction of sp³-hybridized carbons (Fsp3) is 0.167. The van der Waals surface area contributed by atoms with Crippen LogP contribution in [0.5, 0.6) is 0 Å². The molecule has 1 aromatic heterocycles. The van der Waals surface area contributed by atoms with Gasteiger partial charge < -0.3 is 4.55 Å². The minimum Gasteiger partial charge on any atom is -0.693 e. The summed E-state index contributed by atoms with van der Waals surface area (Å²) in [5.74, 6) is 0. The third kappa shape index (κ3) is 1.75. The van der Waals surface area contributed by atoms with Crippen LogP contribution in [0.4, 0.5) is 0 Å². The normalized spacial score (nSPS) is 11.5. The highest BCUT2D eigenvalue weighted by Crippen LogP contribution is 1.88. The van der Waals surface area contributed by atoms with Gasteiger partial charge in [-0.15, -0.1) is 0 Å². The number of aryl methyl sites for hydroxylation is 1. The van der Waals surface area contributed by atoms with Crippen molar-refractivity contribution in [3.8, 4) is 0 Å². The SMILES string of the molecule is Cc1cccc[n+]1S(=O)(=O)[O-]. The zero-order valence-electron chi connectivity index (χ0n) is 5.89. The molecular formula is C6H7NO3S. The molecule has 11 heavy (non-hydrogen) atoms. The quantitative estimate of drug-likeness (QED) is 0.428. The monoisotopic (exact) mass is 173 g/mol. The van der Waals surface area contributed by atoms with E-state index in [0.717, 1.165) is 0 Å². The molecule has 0 spiro atoms. The van der Waals surface area contributed by atoms with Crippen molar-refractivity contribution in [2.24, 2.45) is 0 Å². The summed E-state index contributed by atoms with van der Waals surface area (Å²) in [6, 6.07) is 4.70. The average Bonchev–Trinajstić information content (AvgIpc) is 1.86. The third-order valence-electron chi connectivity index (χ3n) is 1.26. The number of hydrogen-bond acceptors (Lipinski definition) is 3. The minimum absolute atomic E-state index is 0.405. The summed E-state index contributed by atoms with van der Waals surface area (Å²) in [5, 5.41) is 0. The van der Waals surface area contributed by atoms with Gasteiger partial charge in [-0.05, 0) is 0 Å². The second-order valence-electron chi connectivity index (χ2n) is 2.10. The fourth-order valence-electron chi connectivity index (χ4n) is 0.765. The molecule has 0 aromatic carbocycles. The summed E-state index contributed by atoms with van der Waals surface area (Å²) in [4.78, 5) is 0. The Hall–Kier alpha value is -0.940. The van der Waals surface area contributed by atoms with Gasteiger partial charge in [0, 0.05) is 19.1 Å². The standard InChI is InChI=1S/C6H7NO3S/c1-6-4-2-3-5-7(6)11(8,9)10/h2-5H,1H3. The van der Waals surface area contributed by atoms with Gasteiger partial charge in [-0.3, -0.25) is 0 Å². The predicted octanol–water partition coefficient (Wildman–Crippen LogP) is -0.409. The van der Waals surface area contributed by atoms with E-state index in [0.29, 0.717) is 9.67 Å². The van der Waals surface area contributed by atoms with Crippen LogP contribution in [0.25, 0.3) is 0 Å². The highest BCUT2D eigenvalue weighted by molar-refractivity contribution is 7.78. The van der Waals surface area contributed by atoms with Crippen LogP contribution in [-0.2, 0) is 10.3 Å². The fourth-order valence-corrected chi connectivity index (χ4v) is 1.40. The maximum atomic E-state index is 10.5. The molecule has 60 valence electrons.